The molecule has 0 aliphatic carbocycles. The summed E-state index contributed by atoms with van der Waals surface area (Å²) in [6.07, 6.45) is 0. The molecule has 1 N–H and O–H groups in total. The summed E-state index contributed by atoms with van der Waals surface area (Å²) >= 11 is 1.60. The highest BCUT2D eigenvalue weighted by Gasteiger charge is 2.07. The summed E-state index contributed by atoms with van der Waals surface area (Å²) in [4.78, 5) is 5.66. The van der Waals surface area contributed by atoms with Gasteiger partial charge in [0, 0.05) is 11.9 Å². The van der Waals surface area contributed by atoms with E-state index in [2.05, 4.69) is 60.2 Å². The van der Waals surface area contributed by atoms with Crippen LogP contribution in [-0.4, -0.2) is 16.3 Å². The molecule has 23 heavy (non-hydrogen) atoms. The number of nitrogens with zero attached hydrogens (tertiary/aromatic N) is 2. The summed E-state index contributed by atoms with van der Waals surface area (Å²) in [5.74, 6) is 0. The molecule has 0 aliphatic heterocycles. The van der Waals surface area contributed by atoms with Crippen molar-refractivity contribution in [2.24, 2.45) is 4.99 Å². The van der Waals surface area contributed by atoms with Gasteiger partial charge in [0.05, 0.1) is 18.0 Å². The lowest BCUT2D eigenvalue weighted by molar-refractivity contribution is 0.275. The Morgan fingerprint density at radius 1 is 1.04 bits per heavy atom. The van der Waals surface area contributed by atoms with Gasteiger partial charge in [-0.05, 0) is 37.1 Å². The summed E-state index contributed by atoms with van der Waals surface area (Å²) in [5.41, 5.74) is 5.60. The maximum absolute atomic E-state index is 9.43. The van der Waals surface area contributed by atoms with Crippen molar-refractivity contribution >= 4 is 17.0 Å². The minimum Gasteiger partial charge on any atom is -0.395 e. The van der Waals surface area contributed by atoms with Gasteiger partial charge in [-0.1, -0.05) is 42.0 Å². The zero-order chi connectivity index (χ0) is 16.2. The quantitative estimate of drug-likeness (QED) is 0.772. The molecule has 4 heteroatoms. The maximum Gasteiger partial charge on any atom is 0.190 e. The minimum absolute atomic E-state index is 0.0938. The first-order chi connectivity index (χ1) is 11.2. The smallest absolute Gasteiger partial charge is 0.190 e. The van der Waals surface area contributed by atoms with Gasteiger partial charge in [-0.2, -0.15) is 0 Å². The average Bonchev–Trinajstić information content (AvgIpc) is 2.91. The van der Waals surface area contributed by atoms with Crippen LogP contribution in [0, 0.1) is 13.8 Å². The third kappa shape index (κ3) is 3.60. The minimum atomic E-state index is 0.0938. The highest BCUT2D eigenvalue weighted by Crippen LogP contribution is 2.21. The van der Waals surface area contributed by atoms with Crippen molar-refractivity contribution in [3.05, 3.63) is 69.8 Å². The molecule has 0 aliphatic rings. The van der Waals surface area contributed by atoms with Gasteiger partial charge in [-0.25, -0.2) is 4.99 Å². The fourth-order valence-corrected chi connectivity index (χ4v) is 3.45. The van der Waals surface area contributed by atoms with E-state index in [1.807, 2.05) is 12.1 Å². The lowest BCUT2D eigenvalue weighted by atomic mass is 10.1. The molecule has 0 fully saturated rings. The SMILES string of the molecule is Cc1ccc(-c2csc(=Nc3cccc(C)c3)n2CCO)cc1. The first-order valence-corrected chi connectivity index (χ1v) is 8.53. The number of aromatic nitrogens is 1. The predicted octanol–water partition coefficient (Wildman–Crippen LogP) is 4.06. The zero-order valence-electron chi connectivity index (χ0n) is 13.4. The Balaban J connectivity index is 2.10. The van der Waals surface area contributed by atoms with Crippen LogP contribution in [0.3, 0.4) is 0 Å². The molecule has 3 aromatic rings. The lowest BCUT2D eigenvalue weighted by Crippen LogP contribution is -2.17. The normalized spacial score (nSPS) is 11.9. The van der Waals surface area contributed by atoms with Crippen LogP contribution in [0.15, 0.2) is 58.9 Å². The summed E-state index contributed by atoms with van der Waals surface area (Å²) in [6.45, 7) is 4.78. The number of rotatable bonds is 4. The van der Waals surface area contributed by atoms with Crippen molar-refractivity contribution in [1.29, 1.82) is 0 Å². The Kier molecular flexibility index (Phi) is 4.74. The predicted molar refractivity (Wildman–Crippen MR) is 96.0 cm³/mol. The van der Waals surface area contributed by atoms with Crippen molar-refractivity contribution in [3.8, 4) is 11.3 Å². The third-order valence-corrected chi connectivity index (χ3v) is 4.56. The fourth-order valence-electron chi connectivity index (χ4n) is 2.50. The molecular weight excluding hydrogens is 304 g/mol. The Bertz CT molecular complexity index is 860. The monoisotopic (exact) mass is 324 g/mol. The standard InChI is InChI=1S/C19H20N2OS/c1-14-6-8-16(9-7-14)18-13-23-19(21(18)10-11-22)20-17-5-3-4-15(2)12-17/h3-9,12-13,22H,10-11H2,1-2H3. The van der Waals surface area contributed by atoms with E-state index in [-0.39, 0.29) is 6.61 Å². The molecule has 3 rings (SSSR count). The van der Waals surface area contributed by atoms with Crippen LogP contribution >= 0.6 is 11.3 Å². The van der Waals surface area contributed by atoms with Crippen LogP contribution in [0.2, 0.25) is 0 Å². The van der Waals surface area contributed by atoms with E-state index in [9.17, 15) is 5.11 Å². The number of thiazole rings is 1. The molecule has 0 atom stereocenters. The van der Waals surface area contributed by atoms with Gasteiger partial charge >= 0.3 is 0 Å². The van der Waals surface area contributed by atoms with Gasteiger partial charge in [-0.15, -0.1) is 11.3 Å². The number of aliphatic hydroxyl groups excluding tert-OH is 1. The number of aryl methyl sites for hydroxylation is 2. The molecule has 0 spiro atoms. The molecule has 0 saturated heterocycles. The molecule has 1 aromatic heterocycles. The summed E-state index contributed by atoms with van der Waals surface area (Å²) in [6, 6.07) is 16.6. The first kappa shape index (κ1) is 15.7. The van der Waals surface area contributed by atoms with Crippen LogP contribution in [0.4, 0.5) is 5.69 Å². The van der Waals surface area contributed by atoms with Crippen molar-refractivity contribution in [2.75, 3.05) is 6.61 Å². The van der Waals surface area contributed by atoms with Gasteiger partial charge in [-0.3, -0.25) is 0 Å². The van der Waals surface area contributed by atoms with E-state index in [0.717, 1.165) is 21.7 Å². The van der Waals surface area contributed by atoms with Gasteiger partial charge < -0.3 is 9.67 Å². The van der Waals surface area contributed by atoms with Gasteiger partial charge in [0.25, 0.3) is 0 Å². The summed E-state index contributed by atoms with van der Waals surface area (Å²) in [5, 5.41) is 11.5. The van der Waals surface area contributed by atoms with Gasteiger partial charge in [0.2, 0.25) is 0 Å². The largest absolute Gasteiger partial charge is 0.395 e. The molecule has 0 bridgehead atoms. The number of aliphatic hydroxyl groups is 1. The van der Waals surface area contributed by atoms with Crippen molar-refractivity contribution in [2.45, 2.75) is 20.4 Å². The van der Waals surface area contributed by atoms with E-state index < -0.39 is 0 Å². The Morgan fingerprint density at radius 3 is 2.52 bits per heavy atom. The Hall–Kier alpha value is -2.17. The first-order valence-electron chi connectivity index (χ1n) is 7.65. The van der Waals surface area contributed by atoms with E-state index >= 15 is 0 Å². The molecule has 3 nitrogen and oxygen atoms in total. The molecule has 1 heterocycles. The van der Waals surface area contributed by atoms with Gasteiger partial charge in [0.1, 0.15) is 0 Å². The number of hydrogen-bond acceptors (Lipinski definition) is 3. The third-order valence-electron chi connectivity index (χ3n) is 3.70. The van der Waals surface area contributed by atoms with Crippen molar-refractivity contribution in [1.82, 2.24) is 4.57 Å². The van der Waals surface area contributed by atoms with Crippen LogP contribution in [0.1, 0.15) is 11.1 Å². The number of hydrogen-bond donors (Lipinski definition) is 1. The topological polar surface area (TPSA) is 37.5 Å². The highest BCUT2D eigenvalue weighted by molar-refractivity contribution is 7.07. The zero-order valence-corrected chi connectivity index (χ0v) is 14.2. The molecule has 118 valence electrons. The molecule has 2 aromatic carbocycles. The lowest BCUT2D eigenvalue weighted by Gasteiger charge is -2.08. The molecule has 0 amide bonds. The van der Waals surface area contributed by atoms with Gasteiger partial charge in [0.15, 0.2) is 4.80 Å². The second-order valence-electron chi connectivity index (χ2n) is 5.60. The Morgan fingerprint density at radius 2 is 1.83 bits per heavy atom. The van der Waals surface area contributed by atoms with Crippen LogP contribution < -0.4 is 4.80 Å². The van der Waals surface area contributed by atoms with E-state index in [4.69, 9.17) is 4.99 Å². The van der Waals surface area contributed by atoms with E-state index in [0.29, 0.717) is 6.54 Å². The second-order valence-corrected chi connectivity index (χ2v) is 6.43. The van der Waals surface area contributed by atoms with Crippen molar-refractivity contribution < 1.29 is 5.11 Å². The molecule has 0 unspecified atom stereocenters. The molecule has 0 radical (unpaired) electrons. The highest BCUT2D eigenvalue weighted by atomic mass is 32.1. The van der Waals surface area contributed by atoms with Crippen LogP contribution in [0.25, 0.3) is 11.3 Å². The molecular formula is C19H20N2OS. The molecule has 0 saturated carbocycles. The summed E-state index contributed by atoms with van der Waals surface area (Å²) in [7, 11) is 0. The van der Waals surface area contributed by atoms with E-state index in [1.54, 1.807) is 11.3 Å². The summed E-state index contributed by atoms with van der Waals surface area (Å²) < 4.78 is 2.08. The maximum atomic E-state index is 9.43. The second kappa shape index (κ2) is 6.94. The average molecular weight is 324 g/mol. The van der Waals surface area contributed by atoms with E-state index in [1.165, 1.54) is 11.1 Å². The Labute approximate surface area is 140 Å². The van der Waals surface area contributed by atoms with Crippen LogP contribution in [-0.2, 0) is 6.54 Å². The van der Waals surface area contributed by atoms with Crippen molar-refractivity contribution in [3.63, 3.8) is 0 Å². The fraction of sp³-hybridized carbons (Fsp3) is 0.211. The van der Waals surface area contributed by atoms with Crippen LogP contribution in [0.5, 0.6) is 0 Å². The number of benzene rings is 2.